The van der Waals surface area contributed by atoms with Crippen molar-refractivity contribution < 1.29 is 18.9 Å². The first-order valence-electron chi connectivity index (χ1n) is 13.1. The third-order valence-electron chi connectivity index (χ3n) is 6.73. The molecule has 0 unspecified atom stereocenters. The molecule has 5 heterocycles. The van der Waals surface area contributed by atoms with Crippen LogP contribution in [0.2, 0.25) is 0 Å². The van der Waals surface area contributed by atoms with Crippen LogP contribution in [0.15, 0.2) is 65.4 Å². The van der Waals surface area contributed by atoms with E-state index >= 15 is 0 Å². The van der Waals surface area contributed by atoms with Crippen molar-refractivity contribution in [2.24, 2.45) is 0 Å². The number of nitrogens with zero attached hydrogens (tertiary/aromatic N) is 2. The number of hydrogen-bond acceptors (Lipinski definition) is 8. The minimum absolute atomic E-state index is 0.581. The highest BCUT2D eigenvalue weighted by molar-refractivity contribution is 7.14. The molecule has 6 nitrogen and oxygen atoms in total. The molecule has 0 saturated carbocycles. The highest BCUT2D eigenvalue weighted by Crippen LogP contribution is 2.47. The summed E-state index contributed by atoms with van der Waals surface area (Å²) in [6.45, 7) is 4.51. The molecule has 0 amide bonds. The van der Waals surface area contributed by atoms with Crippen LogP contribution in [0, 0.1) is 0 Å². The van der Waals surface area contributed by atoms with E-state index in [2.05, 4.69) is 61.5 Å². The van der Waals surface area contributed by atoms with Crippen molar-refractivity contribution in [3.63, 3.8) is 0 Å². The van der Waals surface area contributed by atoms with E-state index in [-0.39, 0.29) is 0 Å². The number of rotatable bonds is 6. The first-order valence-corrected chi connectivity index (χ1v) is 14.9. The summed E-state index contributed by atoms with van der Waals surface area (Å²) in [5.41, 5.74) is 6.18. The van der Waals surface area contributed by atoms with Crippen LogP contribution < -0.4 is 18.9 Å². The number of thiophene rings is 2. The van der Waals surface area contributed by atoms with Gasteiger partial charge in [0.25, 0.3) is 0 Å². The fraction of sp³-hybridized carbons (Fsp3) is 0.226. The molecule has 8 heteroatoms. The lowest BCUT2D eigenvalue weighted by atomic mass is 10.0. The maximum atomic E-state index is 5.88. The van der Waals surface area contributed by atoms with Crippen LogP contribution in [0.5, 0.6) is 23.0 Å². The molecule has 0 aliphatic carbocycles. The topological polar surface area (TPSA) is 62.7 Å². The predicted octanol–water partition coefficient (Wildman–Crippen LogP) is 7.76. The quantitative estimate of drug-likeness (QED) is 0.214. The SMILES string of the molecule is CCCc1nc(-c2ccc(-c3scc4c3OCCO4)cc2)cc(-c2ccc(-c3scc4c3OCCO4)cc2)n1. The molecule has 7 rings (SSSR count). The van der Waals surface area contributed by atoms with Crippen LogP contribution in [0.4, 0.5) is 0 Å². The van der Waals surface area contributed by atoms with Gasteiger partial charge in [0.2, 0.25) is 0 Å². The second-order valence-electron chi connectivity index (χ2n) is 9.37. The minimum atomic E-state index is 0.581. The zero-order valence-corrected chi connectivity index (χ0v) is 23.1. The number of aromatic nitrogens is 2. The Morgan fingerprint density at radius 1 is 0.615 bits per heavy atom. The van der Waals surface area contributed by atoms with Crippen molar-refractivity contribution in [2.75, 3.05) is 26.4 Å². The lowest BCUT2D eigenvalue weighted by Crippen LogP contribution is -2.14. The average molecular weight is 555 g/mol. The smallest absolute Gasteiger partial charge is 0.179 e. The minimum Gasteiger partial charge on any atom is -0.485 e. The largest absolute Gasteiger partial charge is 0.485 e. The molecule has 2 aromatic carbocycles. The van der Waals surface area contributed by atoms with Crippen LogP contribution in [-0.2, 0) is 6.42 Å². The van der Waals surface area contributed by atoms with Crippen molar-refractivity contribution in [2.45, 2.75) is 19.8 Å². The van der Waals surface area contributed by atoms with Crippen molar-refractivity contribution in [1.82, 2.24) is 9.97 Å². The summed E-state index contributed by atoms with van der Waals surface area (Å²) in [6.07, 6.45) is 1.81. The molecule has 0 saturated heterocycles. The van der Waals surface area contributed by atoms with Gasteiger partial charge in [-0.05, 0) is 23.6 Å². The maximum Gasteiger partial charge on any atom is 0.179 e. The van der Waals surface area contributed by atoms with Gasteiger partial charge in [0.1, 0.15) is 32.3 Å². The van der Waals surface area contributed by atoms with Gasteiger partial charge in [-0.1, -0.05) is 55.5 Å². The summed E-state index contributed by atoms with van der Waals surface area (Å²) in [5, 5.41) is 4.04. The Labute approximate surface area is 234 Å². The molecular weight excluding hydrogens is 528 g/mol. The van der Waals surface area contributed by atoms with Crippen LogP contribution in [-0.4, -0.2) is 36.4 Å². The van der Waals surface area contributed by atoms with Gasteiger partial charge in [-0.2, -0.15) is 0 Å². The number of benzene rings is 2. The van der Waals surface area contributed by atoms with Crippen LogP contribution >= 0.6 is 22.7 Å². The van der Waals surface area contributed by atoms with E-state index in [1.807, 2.05) is 10.8 Å². The molecule has 0 bridgehead atoms. The molecule has 196 valence electrons. The molecule has 0 N–H and O–H groups in total. The van der Waals surface area contributed by atoms with Crippen LogP contribution in [0.25, 0.3) is 43.4 Å². The number of aryl methyl sites for hydroxylation is 1. The first-order chi connectivity index (χ1) is 19.3. The number of hydrogen-bond donors (Lipinski definition) is 0. The lowest BCUT2D eigenvalue weighted by molar-refractivity contribution is 0.174. The van der Waals surface area contributed by atoms with Gasteiger partial charge in [0.15, 0.2) is 23.0 Å². The van der Waals surface area contributed by atoms with Gasteiger partial charge in [-0.15, -0.1) is 22.7 Å². The Morgan fingerprint density at radius 2 is 1.05 bits per heavy atom. The molecule has 2 aliphatic rings. The second kappa shape index (κ2) is 10.4. The van der Waals surface area contributed by atoms with Gasteiger partial charge in [-0.25, -0.2) is 9.97 Å². The Hall–Kier alpha value is -3.88. The summed E-state index contributed by atoms with van der Waals surface area (Å²) >= 11 is 3.29. The standard InChI is InChI=1S/C31H26N2O4S2/c1-2-3-27-32-23(19-4-8-21(9-5-19)30-28-25(17-38-30)34-12-14-36-28)16-24(33-27)20-6-10-22(11-7-20)31-29-26(18-39-31)35-13-15-37-29/h4-11,16-18H,2-3,12-15H2,1H3. The summed E-state index contributed by atoms with van der Waals surface area (Å²) < 4.78 is 23.2. The predicted molar refractivity (Wildman–Crippen MR) is 156 cm³/mol. The molecule has 0 spiro atoms. The summed E-state index contributed by atoms with van der Waals surface area (Å²) in [6, 6.07) is 19.1. The van der Waals surface area contributed by atoms with E-state index < -0.39 is 0 Å². The monoisotopic (exact) mass is 554 g/mol. The highest BCUT2D eigenvalue weighted by atomic mass is 32.1. The summed E-state index contributed by atoms with van der Waals surface area (Å²) in [7, 11) is 0. The van der Waals surface area contributed by atoms with Gasteiger partial charge >= 0.3 is 0 Å². The van der Waals surface area contributed by atoms with Crippen molar-refractivity contribution in [3.05, 3.63) is 71.2 Å². The molecule has 5 aromatic rings. The zero-order chi connectivity index (χ0) is 26.2. The van der Waals surface area contributed by atoms with Gasteiger partial charge in [0.05, 0.1) is 21.1 Å². The van der Waals surface area contributed by atoms with Crippen LogP contribution in [0.1, 0.15) is 19.2 Å². The fourth-order valence-corrected chi connectivity index (χ4v) is 6.71. The van der Waals surface area contributed by atoms with E-state index in [1.54, 1.807) is 22.7 Å². The average Bonchev–Trinajstić information content (AvgIpc) is 3.62. The molecule has 0 atom stereocenters. The number of ether oxygens (including phenoxy) is 4. The third kappa shape index (κ3) is 4.64. The Kier molecular flexibility index (Phi) is 6.42. The molecular formula is C31H26N2O4S2. The van der Waals surface area contributed by atoms with Crippen molar-refractivity contribution in [1.29, 1.82) is 0 Å². The maximum absolute atomic E-state index is 5.88. The molecule has 3 aromatic heterocycles. The number of fused-ring (bicyclic) bond motifs is 2. The zero-order valence-electron chi connectivity index (χ0n) is 21.4. The van der Waals surface area contributed by atoms with Gasteiger partial charge in [-0.3, -0.25) is 0 Å². The van der Waals surface area contributed by atoms with Crippen LogP contribution in [0.3, 0.4) is 0 Å². The fourth-order valence-electron chi connectivity index (χ4n) is 4.84. The van der Waals surface area contributed by atoms with E-state index in [0.717, 1.165) is 85.1 Å². The van der Waals surface area contributed by atoms with E-state index in [9.17, 15) is 0 Å². The molecule has 0 fully saturated rings. The Bertz CT molecular complexity index is 1510. The van der Waals surface area contributed by atoms with E-state index in [0.29, 0.717) is 26.4 Å². The Balaban J connectivity index is 1.19. The molecule has 0 radical (unpaired) electrons. The van der Waals surface area contributed by atoms with Gasteiger partial charge < -0.3 is 18.9 Å². The lowest BCUT2D eigenvalue weighted by Gasteiger charge is -2.16. The normalized spacial score (nSPS) is 13.9. The highest BCUT2D eigenvalue weighted by Gasteiger charge is 2.21. The second-order valence-corrected chi connectivity index (χ2v) is 11.1. The van der Waals surface area contributed by atoms with E-state index in [4.69, 9.17) is 28.9 Å². The van der Waals surface area contributed by atoms with Crippen molar-refractivity contribution >= 4 is 22.7 Å². The summed E-state index contributed by atoms with van der Waals surface area (Å²) in [4.78, 5) is 12.0. The van der Waals surface area contributed by atoms with Gasteiger partial charge in [0, 0.05) is 28.3 Å². The summed E-state index contributed by atoms with van der Waals surface area (Å²) in [5.74, 6) is 4.22. The third-order valence-corrected chi connectivity index (χ3v) is 8.71. The first kappa shape index (κ1) is 24.2. The van der Waals surface area contributed by atoms with E-state index in [1.165, 1.54) is 0 Å². The molecule has 39 heavy (non-hydrogen) atoms. The van der Waals surface area contributed by atoms with Crippen molar-refractivity contribution in [3.8, 4) is 66.4 Å². The molecule has 2 aliphatic heterocycles. The Morgan fingerprint density at radius 3 is 1.51 bits per heavy atom.